The van der Waals surface area contributed by atoms with Gasteiger partial charge in [-0.2, -0.15) is 0 Å². The molecular formula is C19H36Cl2N4O3. The van der Waals surface area contributed by atoms with Crippen molar-refractivity contribution in [3.8, 4) is 0 Å². The standard InChI is InChI=1S/C19H34N4O3.2ClH/c1-26-16-19(5-7-20-8-6-19)18(25)23-12-4-9-21(13-14-23)15-17(24)22-10-2-3-11-22;;/h20H,2-16H2,1H3;2*1H. The number of hydrogen-bond donors (Lipinski definition) is 1. The molecule has 0 bridgehead atoms. The lowest BCUT2D eigenvalue weighted by Gasteiger charge is -2.39. The average molecular weight is 439 g/mol. The van der Waals surface area contributed by atoms with Gasteiger partial charge in [0.05, 0.1) is 18.6 Å². The first-order valence-electron chi connectivity index (χ1n) is 10.1. The number of amides is 2. The summed E-state index contributed by atoms with van der Waals surface area (Å²) in [6, 6.07) is 0. The maximum Gasteiger partial charge on any atom is 0.236 e. The van der Waals surface area contributed by atoms with Crippen LogP contribution in [0.5, 0.6) is 0 Å². The molecule has 2 amide bonds. The van der Waals surface area contributed by atoms with Crippen LogP contribution in [0.1, 0.15) is 32.1 Å². The Labute approximate surface area is 181 Å². The van der Waals surface area contributed by atoms with Gasteiger partial charge < -0.3 is 19.9 Å². The molecule has 3 heterocycles. The van der Waals surface area contributed by atoms with Crippen molar-refractivity contribution >= 4 is 36.6 Å². The fourth-order valence-electron chi connectivity index (χ4n) is 4.53. The van der Waals surface area contributed by atoms with Gasteiger partial charge in [-0.15, -0.1) is 24.8 Å². The van der Waals surface area contributed by atoms with E-state index in [1.54, 1.807) is 7.11 Å². The van der Waals surface area contributed by atoms with Gasteiger partial charge in [0.1, 0.15) is 0 Å². The Hall–Kier alpha value is -0.600. The molecule has 3 fully saturated rings. The summed E-state index contributed by atoms with van der Waals surface area (Å²) in [6.07, 6.45) is 4.87. The normalized spacial score (nSPS) is 22.8. The third kappa shape index (κ3) is 6.20. The molecule has 3 rings (SSSR count). The first-order valence-corrected chi connectivity index (χ1v) is 10.1. The van der Waals surface area contributed by atoms with Crippen molar-refractivity contribution in [3.05, 3.63) is 0 Å². The first kappa shape index (κ1) is 25.4. The minimum Gasteiger partial charge on any atom is -0.384 e. The topological polar surface area (TPSA) is 65.1 Å². The van der Waals surface area contributed by atoms with E-state index in [-0.39, 0.29) is 42.0 Å². The van der Waals surface area contributed by atoms with Crippen molar-refractivity contribution in [3.63, 3.8) is 0 Å². The number of halogens is 2. The molecule has 0 unspecified atom stereocenters. The van der Waals surface area contributed by atoms with E-state index in [4.69, 9.17) is 4.74 Å². The lowest BCUT2D eigenvalue weighted by atomic mass is 9.78. The molecular weight excluding hydrogens is 403 g/mol. The van der Waals surface area contributed by atoms with Crippen LogP contribution in [0.4, 0.5) is 0 Å². The molecule has 7 nitrogen and oxygen atoms in total. The highest BCUT2D eigenvalue weighted by molar-refractivity contribution is 5.85. The second kappa shape index (κ2) is 12.2. The van der Waals surface area contributed by atoms with Crippen molar-refractivity contribution in [1.82, 2.24) is 20.0 Å². The van der Waals surface area contributed by atoms with Gasteiger partial charge in [-0.3, -0.25) is 14.5 Å². The number of nitrogens with one attached hydrogen (secondary N) is 1. The summed E-state index contributed by atoms with van der Waals surface area (Å²) in [4.78, 5) is 31.9. The summed E-state index contributed by atoms with van der Waals surface area (Å²) in [7, 11) is 1.69. The Morgan fingerprint density at radius 1 is 0.893 bits per heavy atom. The number of rotatable bonds is 5. The highest BCUT2D eigenvalue weighted by Gasteiger charge is 2.42. The number of piperidine rings is 1. The maximum absolute atomic E-state index is 13.3. The molecule has 164 valence electrons. The van der Waals surface area contributed by atoms with E-state index in [0.29, 0.717) is 19.7 Å². The van der Waals surface area contributed by atoms with Crippen LogP contribution < -0.4 is 5.32 Å². The van der Waals surface area contributed by atoms with E-state index in [9.17, 15) is 9.59 Å². The zero-order chi connectivity index (χ0) is 18.4. The van der Waals surface area contributed by atoms with Gasteiger partial charge in [-0.25, -0.2) is 0 Å². The van der Waals surface area contributed by atoms with Gasteiger partial charge in [-0.1, -0.05) is 0 Å². The highest BCUT2D eigenvalue weighted by Crippen LogP contribution is 2.32. The molecule has 0 aromatic carbocycles. The molecule has 0 atom stereocenters. The van der Waals surface area contributed by atoms with Crippen LogP contribution in [0, 0.1) is 5.41 Å². The molecule has 28 heavy (non-hydrogen) atoms. The lowest BCUT2D eigenvalue weighted by Crippen LogP contribution is -2.52. The first-order chi connectivity index (χ1) is 12.6. The van der Waals surface area contributed by atoms with E-state index in [2.05, 4.69) is 10.2 Å². The summed E-state index contributed by atoms with van der Waals surface area (Å²) in [5, 5.41) is 3.35. The number of nitrogens with zero attached hydrogens (tertiary/aromatic N) is 3. The van der Waals surface area contributed by atoms with Crippen LogP contribution in [0.15, 0.2) is 0 Å². The van der Waals surface area contributed by atoms with Crippen LogP contribution in [0.2, 0.25) is 0 Å². The van der Waals surface area contributed by atoms with Gasteiger partial charge in [0.25, 0.3) is 0 Å². The van der Waals surface area contributed by atoms with E-state index in [1.807, 2.05) is 9.80 Å². The van der Waals surface area contributed by atoms with Crippen molar-refractivity contribution in [1.29, 1.82) is 0 Å². The SMILES string of the molecule is COCC1(C(=O)N2CCCN(CC(=O)N3CCCC3)CC2)CCNCC1.Cl.Cl. The van der Waals surface area contributed by atoms with Gasteiger partial charge in [0.15, 0.2) is 0 Å². The highest BCUT2D eigenvalue weighted by atomic mass is 35.5. The Balaban J connectivity index is 0.00000196. The Bertz CT molecular complexity index is 492. The summed E-state index contributed by atoms with van der Waals surface area (Å²) in [5.74, 6) is 0.491. The molecule has 0 aliphatic carbocycles. The molecule has 0 radical (unpaired) electrons. The number of likely N-dealkylation sites (tertiary alicyclic amines) is 1. The van der Waals surface area contributed by atoms with Crippen LogP contribution >= 0.6 is 24.8 Å². The van der Waals surface area contributed by atoms with Gasteiger partial charge in [-0.05, 0) is 45.2 Å². The zero-order valence-corrected chi connectivity index (χ0v) is 18.6. The molecule has 3 aliphatic heterocycles. The molecule has 3 aliphatic rings. The number of carbonyl (C=O) groups excluding carboxylic acids is 2. The number of methoxy groups -OCH3 is 1. The van der Waals surface area contributed by atoms with Gasteiger partial charge >= 0.3 is 0 Å². The van der Waals surface area contributed by atoms with Gasteiger partial charge in [0, 0.05) is 46.4 Å². The van der Waals surface area contributed by atoms with Crippen LogP contribution in [0.3, 0.4) is 0 Å². The second-order valence-electron chi connectivity index (χ2n) is 7.97. The minimum absolute atomic E-state index is 0. The van der Waals surface area contributed by atoms with E-state index in [0.717, 1.165) is 77.9 Å². The molecule has 3 saturated heterocycles. The summed E-state index contributed by atoms with van der Waals surface area (Å²) in [6.45, 7) is 7.73. The zero-order valence-electron chi connectivity index (χ0n) is 17.0. The maximum atomic E-state index is 13.3. The van der Waals surface area contributed by atoms with Crippen molar-refractivity contribution < 1.29 is 14.3 Å². The molecule has 1 N–H and O–H groups in total. The fourth-order valence-corrected chi connectivity index (χ4v) is 4.53. The summed E-state index contributed by atoms with van der Waals surface area (Å²) < 4.78 is 5.42. The van der Waals surface area contributed by atoms with Crippen molar-refractivity contribution in [2.45, 2.75) is 32.1 Å². The van der Waals surface area contributed by atoms with E-state index < -0.39 is 0 Å². The summed E-state index contributed by atoms with van der Waals surface area (Å²) in [5.41, 5.74) is -0.374. The van der Waals surface area contributed by atoms with Gasteiger partial charge in [0.2, 0.25) is 11.8 Å². The molecule has 0 aromatic heterocycles. The molecule has 0 spiro atoms. The van der Waals surface area contributed by atoms with Crippen LogP contribution in [-0.4, -0.2) is 99.1 Å². The average Bonchev–Trinajstić information content (AvgIpc) is 3.10. The van der Waals surface area contributed by atoms with E-state index >= 15 is 0 Å². The predicted octanol–water partition coefficient (Wildman–Crippen LogP) is 1.00. The lowest BCUT2D eigenvalue weighted by molar-refractivity contribution is -0.147. The quantitative estimate of drug-likeness (QED) is 0.693. The fraction of sp³-hybridized carbons (Fsp3) is 0.895. The number of hydrogen-bond acceptors (Lipinski definition) is 5. The molecule has 0 aromatic rings. The minimum atomic E-state index is -0.374. The van der Waals surface area contributed by atoms with Crippen molar-refractivity contribution in [2.75, 3.05) is 72.6 Å². The second-order valence-corrected chi connectivity index (χ2v) is 7.97. The monoisotopic (exact) mass is 438 g/mol. The molecule has 0 saturated carbocycles. The Morgan fingerprint density at radius 3 is 2.18 bits per heavy atom. The predicted molar refractivity (Wildman–Crippen MR) is 114 cm³/mol. The number of ether oxygens (including phenoxy) is 1. The largest absolute Gasteiger partial charge is 0.384 e. The number of carbonyl (C=O) groups is 2. The van der Waals surface area contributed by atoms with Crippen molar-refractivity contribution in [2.24, 2.45) is 5.41 Å². The third-order valence-electron chi connectivity index (χ3n) is 6.13. The van der Waals surface area contributed by atoms with E-state index in [1.165, 1.54) is 0 Å². The van der Waals surface area contributed by atoms with Crippen LogP contribution in [-0.2, 0) is 14.3 Å². The Kier molecular flexibility index (Phi) is 11.1. The Morgan fingerprint density at radius 2 is 1.54 bits per heavy atom. The smallest absolute Gasteiger partial charge is 0.236 e. The third-order valence-corrected chi connectivity index (χ3v) is 6.13. The van der Waals surface area contributed by atoms with Crippen LogP contribution in [0.25, 0.3) is 0 Å². The summed E-state index contributed by atoms with van der Waals surface area (Å²) >= 11 is 0. The molecule has 9 heteroatoms.